The van der Waals surface area contributed by atoms with E-state index in [-0.39, 0.29) is 12.5 Å². The van der Waals surface area contributed by atoms with Crippen molar-refractivity contribution in [3.63, 3.8) is 0 Å². The first-order chi connectivity index (χ1) is 11.5. The SMILES string of the molecule is CCOC(=O)/C=C/C(=O)NNC(=O)c1ccc(NC(=O)CC)cc1. The Morgan fingerprint density at radius 1 is 1.00 bits per heavy atom. The van der Waals surface area contributed by atoms with Gasteiger partial charge in [0.2, 0.25) is 5.91 Å². The van der Waals surface area contributed by atoms with Crippen molar-refractivity contribution in [3.8, 4) is 0 Å². The third kappa shape index (κ3) is 6.73. The molecule has 3 amide bonds. The van der Waals surface area contributed by atoms with Crippen molar-refractivity contribution in [1.82, 2.24) is 10.9 Å². The third-order valence-electron chi connectivity index (χ3n) is 2.71. The van der Waals surface area contributed by atoms with E-state index in [1.165, 1.54) is 12.1 Å². The Hall–Kier alpha value is -3.16. The zero-order valence-corrected chi connectivity index (χ0v) is 13.4. The number of rotatable bonds is 6. The average molecular weight is 333 g/mol. The van der Waals surface area contributed by atoms with Gasteiger partial charge in [-0.1, -0.05) is 6.92 Å². The molecule has 0 saturated carbocycles. The summed E-state index contributed by atoms with van der Waals surface area (Å²) in [7, 11) is 0. The van der Waals surface area contributed by atoms with Gasteiger partial charge in [0.1, 0.15) is 0 Å². The molecular formula is C16H19N3O5. The van der Waals surface area contributed by atoms with E-state index in [0.717, 1.165) is 12.2 Å². The highest BCUT2D eigenvalue weighted by atomic mass is 16.5. The van der Waals surface area contributed by atoms with Crippen molar-refractivity contribution >= 4 is 29.4 Å². The fourth-order valence-corrected chi connectivity index (χ4v) is 1.52. The Morgan fingerprint density at radius 3 is 2.25 bits per heavy atom. The maximum absolute atomic E-state index is 11.9. The quantitative estimate of drug-likeness (QED) is 0.407. The van der Waals surface area contributed by atoms with Crippen LogP contribution in [0.25, 0.3) is 0 Å². The van der Waals surface area contributed by atoms with Crippen LogP contribution in [0.1, 0.15) is 30.6 Å². The highest BCUT2D eigenvalue weighted by Crippen LogP contribution is 2.09. The monoisotopic (exact) mass is 333 g/mol. The second kappa shape index (κ2) is 9.78. The lowest BCUT2D eigenvalue weighted by atomic mass is 10.2. The van der Waals surface area contributed by atoms with E-state index in [1.807, 2.05) is 0 Å². The first kappa shape index (κ1) is 18.9. The molecule has 1 aromatic rings. The molecule has 0 aromatic heterocycles. The van der Waals surface area contributed by atoms with Crippen molar-refractivity contribution in [2.24, 2.45) is 0 Å². The molecule has 0 unspecified atom stereocenters. The first-order valence-corrected chi connectivity index (χ1v) is 7.31. The zero-order chi connectivity index (χ0) is 17.9. The van der Waals surface area contributed by atoms with Gasteiger partial charge < -0.3 is 10.1 Å². The van der Waals surface area contributed by atoms with Crippen molar-refractivity contribution in [1.29, 1.82) is 0 Å². The van der Waals surface area contributed by atoms with Crippen LogP contribution in [0.4, 0.5) is 5.69 Å². The molecule has 0 spiro atoms. The van der Waals surface area contributed by atoms with Crippen LogP contribution in [0.3, 0.4) is 0 Å². The number of hydrogen-bond donors (Lipinski definition) is 3. The molecule has 0 atom stereocenters. The predicted molar refractivity (Wildman–Crippen MR) is 86.7 cm³/mol. The van der Waals surface area contributed by atoms with Gasteiger partial charge in [-0.3, -0.25) is 25.2 Å². The highest BCUT2D eigenvalue weighted by Gasteiger charge is 2.07. The molecule has 8 heteroatoms. The molecule has 0 bridgehead atoms. The van der Waals surface area contributed by atoms with Gasteiger partial charge in [-0.25, -0.2) is 4.79 Å². The summed E-state index contributed by atoms with van der Waals surface area (Å²) in [6.45, 7) is 3.58. The van der Waals surface area contributed by atoms with Crippen molar-refractivity contribution < 1.29 is 23.9 Å². The van der Waals surface area contributed by atoms with Crippen LogP contribution in [0.5, 0.6) is 0 Å². The van der Waals surface area contributed by atoms with Gasteiger partial charge in [-0.05, 0) is 31.2 Å². The Bertz CT molecular complexity index is 638. The van der Waals surface area contributed by atoms with Gasteiger partial charge in [0, 0.05) is 29.8 Å². The summed E-state index contributed by atoms with van der Waals surface area (Å²) >= 11 is 0. The summed E-state index contributed by atoms with van der Waals surface area (Å²) in [6, 6.07) is 6.15. The second-order valence-corrected chi connectivity index (χ2v) is 4.51. The van der Waals surface area contributed by atoms with Gasteiger partial charge >= 0.3 is 5.97 Å². The lowest BCUT2D eigenvalue weighted by Crippen LogP contribution is -2.40. The lowest BCUT2D eigenvalue weighted by Gasteiger charge is -2.07. The number of amides is 3. The fraction of sp³-hybridized carbons (Fsp3) is 0.250. The second-order valence-electron chi connectivity index (χ2n) is 4.51. The molecule has 0 aliphatic heterocycles. The summed E-state index contributed by atoms with van der Waals surface area (Å²) in [4.78, 5) is 45.6. The molecule has 0 fully saturated rings. The van der Waals surface area contributed by atoms with Crippen LogP contribution in [-0.4, -0.2) is 30.3 Å². The Morgan fingerprint density at radius 2 is 1.67 bits per heavy atom. The molecule has 128 valence electrons. The minimum atomic E-state index is -0.678. The Kier molecular flexibility index (Phi) is 7.69. The smallest absolute Gasteiger partial charge is 0.330 e. The molecule has 0 saturated heterocycles. The maximum Gasteiger partial charge on any atom is 0.330 e. The topological polar surface area (TPSA) is 114 Å². The van der Waals surface area contributed by atoms with Gasteiger partial charge in [-0.2, -0.15) is 0 Å². The fourth-order valence-electron chi connectivity index (χ4n) is 1.52. The van der Waals surface area contributed by atoms with E-state index in [1.54, 1.807) is 26.0 Å². The van der Waals surface area contributed by atoms with Crippen LogP contribution in [0, 0.1) is 0 Å². The summed E-state index contributed by atoms with van der Waals surface area (Å²) in [5, 5.41) is 2.65. The number of hydrogen-bond acceptors (Lipinski definition) is 5. The maximum atomic E-state index is 11.9. The molecule has 0 aliphatic carbocycles. The van der Waals surface area contributed by atoms with Gasteiger partial charge in [0.15, 0.2) is 0 Å². The van der Waals surface area contributed by atoms with E-state index >= 15 is 0 Å². The number of ether oxygens (including phenoxy) is 1. The van der Waals surface area contributed by atoms with Crippen LogP contribution in [-0.2, 0) is 19.1 Å². The standard InChI is InChI=1S/C16H19N3O5/c1-3-13(20)17-12-7-5-11(6-8-12)16(23)19-18-14(21)9-10-15(22)24-4-2/h5-10H,3-4H2,1-2H3,(H,17,20)(H,18,21)(H,19,23)/b10-9+. The number of nitrogens with one attached hydrogen (secondary N) is 3. The predicted octanol–water partition coefficient (Wildman–Crippen LogP) is 0.915. The number of hydrazine groups is 1. The number of anilines is 1. The zero-order valence-electron chi connectivity index (χ0n) is 13.4. The van der Waals surface area contributed by atoms with Crippen molar-refractivity contribution in [3.05, 3.63) is 42.0 Å². The highest BCUT2D eigenvalue weighted by molar-refractivity contribution is 5.99. The molecule has 0 aliphatic rings. The van der Waals surface area contributed by atoms with Crippen molar-refractivity contribution in [2.75, 3.05) is 11.9 Å². The number of benzene rings is 1. The number of esters is 1. The number of carbonyl (C=O) groups excluding carboxylic acids is 4. The minimum absolute atomic E-state index is 0.132. The van der Waals surface area contributed by atoms with E-state index in [9.17, 15) is 19.2 Å². The number of carbonyl (C=O) groups is 4. The summed E-state index contributed by atoms with van der Waals surface area (Å²) in [6.07, 6.45) is 2.26. The minimum Gasteiger partial charge on any atom is -0.463 e. The molecule has 0 heterocycles. The van der Waals surface area contributed by atoms with Crippen molar-refractivity contribution in [2.45, 2.75) is 20.3 Å². The first-order valence-electron chi connectivity index (χ1n) is 7.31. The van der Waals surface area contributed by atoms with Crippen LogP contribution in [0.2, 0.25) is 0 Å². The average Bonchev–Trinajstić information content (AvgIpc) is 2.58. The van der Waals surface area contributed by atoms with Crippen LogP contribution < -0.4 is 16.2 Å². The Balaban J connectivity index is 2.49. The molecule has 1 rings (SSSR count). The molecule has 1 aromatic carbocycles. The molecule has 3 N–H and O–H groups in total. The summed E-state index contributed by atoms with van der Waals surface area (Å²) in [5.74, 6) is -2.00. The van der Waals surface area contributed by atoms with Gasteiger partial charge in [0.05, 0.1) is 6.61 Å². The van der Waals surface area contributed by atoms with E-state index in [2.05, 4.69) is 20.9 Å². The van der Waals surface area contributed by atoms with Gasteiger partial charge in [0.25, 0.3) is 11.8 Å². The van der Waals surface area contributed by atoms with E-state index in [0.29, 0.717) is 17.7 Å². The third-order valence-corrected chi connectivity index (χ3v) is 2.71. The normalized spacial score (nSPS) is 10.1. The molecular weight excluding hydrogens is 314 g/mol. The Labute approximate surface area is 139 Å². The summed E-state index contributed by atoms with van der Waals surface area (Å²) < 4.78 is 4.61. The molecule has 8 nitrogen and oxygen atoms in total. The van der Waals surface area contributed by atoms with E-state index < -0.39 is 17.8 Å². The van der Waals surface area contributed by atoms with Gasteiger partial charge in [-0.15, -0.1) is 0 Å². The largest absolute Gasteiger partial charge is 0.463 e. The lowest BCUT2D eigenvalue weighted by molar-refractivity contribution is -0.137. The van der Waals surface area contributed by atoms with E-state index in [4.69, 9.17) is 0 Å². The summed E-state index contributed by atoms with van der Waals surface area (Å²) in [5.41, 5.74) is 5.19. The van der Waals surface area contributed by atoms with Crippen LogP contribution in [0.15, 0.2) is 36.4 Å². The molecule has 0 radical (unpaired) electrons. The molecule has 24 heavy (non-hydrogen) atoms. The van der Waals surface area contributed by atoms with Crippen LogP contribution >= 0.6 is 0 Å².